The summed E-state index contributed by atoms with van der Waals surface area (Å²) < 4.78 is 2.14. The number of rotatable bonds is 5. The van der Waals surface area contributed by atoms with E-state index in [-0.39, 0.29) is 0 Å². The minimum atomic E-state index is 0.789. The van der Waals surface area contributed by atoms with Gasteiger partial charge in [-0.15, -0.1) is 32.9 Å². The van der Waals surface area contributed by atoms with Crippen LogP contribution in [0.3, 0.4) is 0 Å². The largest absolute Gasteiger partial charge is 0.305 e. The van der Waals surface area contributed by atoms with Crippen molar-refractivity contribution in [1.29, 1.82) is 0 Å². The normalized spacial score (nSPS) is 16.0. The molecule has 3 aromatic heterocycles. The number of hydrogen-bond donors (Lipinski definition) is 0. The standard InChI is InChI=1S/C23H24N4S3/c1-14-5-4-6-16(9-14)22-24-17(11-29-22)12-30-23-26-25-21(27(23)3)19-13-28-20-10-15(2)7-8-18(19)20/h4-6,9,11,13,15H,7-8,10,12H2,1-3H3/t15-/m1/s1. The van der Waals surface area contributed by atoms with Crippen LogP contribution in [-0.4, -0.2) is 19.7 Å². The van der Waals surface area contributed by atoms with Crippen LogP contribution in [0, 0.1) is 12.8 Å². The zero-order valence-corrected chi connectivity index (χ0v) is 19.8. The zero-order valence-electron chi connectivity index (χ0n) is 17.4. The summed E-state index contributed by atoms with van der Waals surface area (Å²) in [5.41, 5.74) is 6.31. The molecule has 3 heterocycles. The van der Waals surface area contributed by atoms with Crippen LogP contribution in [0.25, 0.3) is 22.0 Å². The fraction of sp³-hybridized carbons (Fsp3) is 0.348. The van der Waals surface area contributed by atoms with Gasteiger partial charge in [0, 0.05) is 39.6 Å². The van der Waals surface area contributed by atoms with E-state index in [1.807, 2.05) is 11.3 Å². The molecule has 0 saturated carbocycles. The van der Waals surface area contributed by atoms with Gasteiger partial charge in [-0.25, -0.2) is 4.98 Å². The third kappa shape index (κ3) is 3.86. The molecule has 154 valence electrons. The monoisotopic (exact) mass is 452 g/mol. The Hall–Kier alpha value is -1.96. The van der Waals surface area contributed by atoms with E-state index < -0.39 is 0 Å². The van der Waals surface area contributed by atoms with Gasteiger partial charge in [-0.05, 0) is 43.7 Å². The first kappa shape index (κ1) is 20.0. The molecule has 0 radical (unpaired) electrons. The van der Waals surface area contributed by atoms with Crippen LogP contribution in [0.2, 0.25) is 0 Å². The molecule has 1 aromatic carbocycles. The van der Waals surface area contributed by atoms with Crippen molar-refractivity contribution in [3.8, 4) is 22.0 Å². The average Bonchev–Trinajstić information content (AvgIpc) is 3.45. The number of hydrogen-bond acceptors (Lipinski definition) is 6. The van der Waals surface area contributed by atoms with Crippen molar-refractivity contribution in [3.05, 3.63) is 56.7 Å². The molecule has 4 aromatic rings. The van der Waals surface area contributed by atoms with Crippen molar-refractivity contribution in [1.82, 2.24) is 19.7 Å². The first-order valence-electron chi connectivity index (χ1n) is 10.2. The van der Waals surface area contributed by atoms with Crippen molar-refractivity contribution in [2.24, 2.45) is 13.0 Å². The van der Waals surface area contributed by atoms with Gasteiger partial charge in [0.15, 0.2) is 11.0 Å². The highest BCUT2D eigenvalue weighted by atomic mass is 32.2. The van der Waals surface area contributed by atoms with Crippen LogP contribution in [0.15, 0.2) is 40.2 Å². The smallest absolute Gasteiger partial charge is 0.191 e. The number of aromatic nitrogens is 4. The van der Waals surface area contributed by atoms with Crippen LogP contribution < -0.4 is 0 Å². The van der Waals surface area contributed by atoms with Gasteiger partial charge < -0.3 is 4.57 Å². The Balaban J connectivity index is 1.31. The van der Waals surface area contributed by atoms with Crippen molar-refractivity contribution in [3.63, 3.8) is 0 Å². The molecule has 0 bridgehead atoms. The molecular weight excluding hydrogens is 428 g/mol. The molecule has 5 rings (SSSR count). The van der Waals surface area contributed by atoms with Gasteiger partial charge in [-0.3, -0.25) is 0 Å². The van der Waals surface area contributed by atoms with Crippen LogP contribution in [0.1, 0.15) is 35.0 Å². The molecule has 0 fully saturated rings. The average molecular weight is 453 g/mol. The zero-order chi connectivity index (χ0) is 20.7. The highest BCUT2D eigenvalue weighted by Crippen LogP contribution is 2.38. The number of aryl methyl sites for hydroxylation is 1. The molecule has 4 nitrogen and oxygen atoms in total. The second-order valence-electron chi connectivity index (χ2n) is 8.07. The Morgan fingerprint density at radius 1 is 1.20 bits per heavy atom. The van der Waals surface area contributed by atoms with E-state index in [1.165, 1.54) is 40.0 Å². The lowest BCUT2D eigenvalue weighted by molar-refractivity contribution is 0.508. The maximum Gasteiger partial charge on any atom is 0.191 e. The molecule has 0 aliphatic heterocycles. The summed E-state index contributed by atoms with van der Waals surface area (Å²) in [6.45, 7) is 4.47. The van der Waals surface area contributed by atoms with Gasteiger partial charge in [0.25, 0.3) is 0 Å². The summed E-state index contributed by atoms with van der Waals surface area (Å²) in [6.07, 6.45) is 3.63. The van der Waals surface area contributed by atoms with Crippen molar-refractivity contribution >= 4 is 34.4 Å². The Morgan fingerprint density at radius 3 is 2.97 bits per heavy atom. The van der Waals surface area contributed by atoms with E-state index in [0.29, 0.717) is 0 Å². The Morgan fingerprint density at radius 2 is 2.10 bits per heavy atom. The van der Waals surface area contributed by atoms with Gasteiger partial charge in [0.2, 0.25) is 0 Å². The third-order valence-corrected chi connectivity index (χ3v) is 8.69. The van der Waals surface area contributed by atoms with Crippen LogP contribution in [-0.2, 0) is 25.6 Å². The fourth-order valence-corrected chi connectivity index (χ4v) is 6.93. The highest BCUT2D eigenvalue weighted by Gasteiger charge is 2.23. The van der Waals surface area contributed by atoms with E-state index >= 15 is 0 Å². The maximum absolute atomic E-state index is 4.83. The lowest BCUT2D eigenvalue weighted by Gasteiger charge is -2.18. The molecule has 0 unspecified atom stereocenters. The lowest BCUT2D eigenvalue weighted by Crippen LogP contribution is -2.09. The van der Waals surface area contributed by atoms with E-state index in [0.717, 1.165) is 39.8 Å². The molecule has 0 saturated heterocycles. The lowest BCUT2D eigenvalue weighted by atomic mass is 9.88. The summed E-state index contributed by atoms with van der Waals surface area (Å²) in [7, 11) is 2.08. The third-order valence-electron chi connectivity index (χ3n) is 5.64. The Labute approximate surface area is 189 Å². The summed E-state index contributed by atoms with van der Waals surface area (Å²) in [5, 5.41) is 15.5. The Kier molecular flexibility index (Phi) is 5.52. The van der Waals surface area contributed by atoms with Gasteiger partial charge in [-0.2, -0.15) is 0 Å². The number of fused-ring (bicyclic) bond motifs is 1. The minimum absolute atomic E-state index is 0.789. The molecule has 0 amide bonds. The van der Waals surface area contributed by atoms with Gasteiger partial charge in [0.05, 0.1) is 5.69 Å². The number of nitrogens with zero attached hydrogens (tertiary/aromatic N) is 4. The van der Waals surface area contributed by atoms with E-state index in [2.05, 4.69) is 70.7 Å². The molecule has 1 atom stereocenters. The van der Waals surface area contributed by atoms with Gasteiger partial charge in [0.1, 0.15) is 5.01 Å². The molecule has 0 N–H and O–H groups in total. The molecule has 7 heteroatoms. The van der Waals surface area contributed by atoms with Crippen LogP contribution in [0.4, 0.5) is 0 Å². The number of thiophene rings is 1. The maximum atomic E-state index is 4.83. The van der Waals surface area contributed by atoms with E-state index in [4.69, 9.17) is 4.98 Å². The summed E-state index contributed by atoms with van der Waals surface area (Å²) >= 11 is 5.29. The van der Waals surface area contributed by atoms with Crippen molar-refractivity contribution < 1.29 is 0 Å². The van der Waals surface area contributed by atoms with E-state index in [9.17, 15) is 0 Å². The Bertz CT molecular complexity index is 1190. The topological polar surface area (TPSA) is 43.6 Å². The summed E-state index contributed by atoms with van der Waals surface area (Å²) in [5.74, 6) is 2.58. The first-order chi connectivity index (χ1) is 14.6. The molecule has 0 spiro atoms. The molecule has 30 heavy (non-hydrogen) atoms. The van der Waals surface area contributed by atoms with E-state index in [1.54, 1.807) is 23.1 Å². The molecule has 1 aliphatic carbocycles. The fourth-order valence-electron chi connectivity index (χ4n) is 3.96. The van der Waals surface area contributed by atoms with Crippen LogP contribution >= 0.6 is 34.4 Å². The second-order valence-corrected chi connectivity index (χ2v) is 10.8. The minimum Gasteiger partial charge on any atom is -0.305 e. The quantitative estimate of drug-likeness (QED) is 0.329. The highest BCUT2D eigenvalue weighted by molar-refractivity contribution is 7.98. The first-order valence-corrected chi connectivity index (χ1v) is 13.0. The summed E-state index contributed by atoms with van der Waals surface area (Å²) in [6, 6.07) is 8.52. The number of thioether (sulfide) groups is 1. The summed E-state index contributed by atoms with van der Waals surface area (Å²) in [4.78, 5) is 6.36. The van der Waals surface area contributed by atoms with Crippen molar-refractivity contribution in [2.45, 2.75) is 44.0 Å². The van der Waals surface area contributed by atoms with Crippen molar-refractivity contribution in [2.75, 3.05) is 0 Å². The van der Waals surface area contributed by atoms with Crippen LogP contribution in [0.5, 0.6) is 0 Å². The van der Waals surface area contributed by atoms with Gasteiger partial charge in [-0.1, -0.05) is 42.4 Å². The molecular formula is C23H24N4S3. The van der Waals surface area contributed by atoms with Gasteiger partial charge >= 0.3 is 0 Å². The SMILES string of the molecule is Cc1cccc(-c2nc(CSc3nnc(-c4csc5c4CC[C@@H](C)C5)n3C)cs2)c1. The second kappa shape index (κ2) is 8.29. The predicted molar refractivity (Wildman–Crippen MR) is 127 cm³/mol. The molecule has 1 aliphatic rings. The number of benzene rings is 1. The predicted octanol–water partition coefficient (Wildman–Crippen LogP) is 6.39. The number of thiazole rings is 1.